The van der Waals surface area contributed by atoms with Crippen molar-refractivity contribution in [2.45, 2.75) is 46.0 Å². The first-order chi connectivity index (χ1) is 14.6. The highest BCUT2D eigenvalue weighted by molar-refractivity contribution is 5.96. The van der Waals surface area contributed by atoms with E-state index >= 15 is 0 Å². The molecule has 1 heterocycles. The van der Waals surface area contributed by atoms with Gasteiger partial charge in [-0.3, -0.25) is 9.59 Å². The van der Waals surface area contributed by atoms with Crippen molar-refractivity contribution in [2.75, 3.05) is 23.8 Å². The summed E-state index contributed by atoms with van der Waals surface area (Å²) in [6.45, 7) is 5.28. The van der Waals surface area contributed by atoms with E-state index < -0.39 is 0 Å². The Morgan fingerprint density at radius 2 is 1.80 bits per heavy atom. The molecular formula is C24H30N2O4. The number of benzene rings is 2. The first-order valence-corrected chi connectivity index (χ1v) is 10.7. The van der Waals surface area contributed by atoms with Crippen LogP contribution in [0.1, 0.15) is 45.1 Å². The Bertz CT molecular complexity index is 881. The van der Waals surface area contributed by atoms with Crippen molar-refractivity contribution in [1.82, 2.24) is 0 Å². The minimum Gasteiger partial charge on any atom is -0.490 e. The Morgan fingerprint density at radius 1 is 1.07 bits per heavy atom. The van der Waals surface area contributed by atoms with Crippen LogP contribution in [0, 0.1) is 5.92 Å². The molecule has 2 N–H and O–H groups in total. The molecule has 0 saturated carbocycles. The number of carbonyl (C=O) groups is 2. The minimum absolute atomic E-state index is 0.0193. The molecule has 2 aromatic carbocycles. The van der Waals surface area contributed by atoms with Crippen molar-refractivity contribution in [3.63, 3.8) is 0 Å². The van der Waals surface area contributed by atoms with Crippen LogP contribution in [-0.4, -0.2) is 25.0 Å². The van der Waals surface area contributed by atoms with Crippen LogP contribution < -0.4 is 20.1 Å². The second-order valence-corrected chi connectivity index (χ2v) is 7.49. The first kappa shape index (κ1) is 21.7. The van der Waals surface area contributed by atoms with E-state index in [4.69, 9.17) is 9.47 Å². The van der Waals surface area contributed by atoms with Gasteiger partial charge in [0.05, 0.1) is 13.2 Å². The third-order valence-corrected chi connectivity index (χ3v) is 4.98. The van der Waals surface area contributed by atoms with Gasteiger partial charge in [-0.1, -0.05) is 32.0 Å². The molecule has 1 aliphatic rings. The molecule has 6 nitrogen and oxygen atoms in total. The zero-order valence-corrected chi connectivity index (χ0v) is 17.7. The number of nitrogens with one attached hydrogen (secondary N) is 2. The van der Waals surface area contributed by atoms with Crippen LogP contribution in [0.3, 0.4) is 0 Å². The van der Waals surface area contributed by atoms with Gasteiger partial charge >= 0.3 is 0 Å². The number of hydrogen-bond acceptors (Lipinski definition) is 4. The fraction of sp³-hybridized carbons (Fsp3) is 0.417. The predicted octanol–water partition coefficient (Wildman–Crippen LogP) is 4.79. The monoisotopic (exact) mass is 410 g/mol. The molecule has 0 bridgehead atoms. The van der Waals surface area contributed by atoms with Crippen LogP contribution >= 0.6 is 0 Å². The molecule has 6 heteroatoms. The van der Waals surface area contributed by atoms with Crippen molar-refractivity contribution in [3.05, 3.63) is 48.0 Å². The van der Waals surface area contributed by atoms with Gasteiger partial charge in [0.2, 0.25) is 11.8 Å². The van der Waals surface area contributed by atoms with E-state index in [1.54, 1.807) is 6.07 Å². The number of anilines is 2. The number of hydrogen-bond donors (Lipinski definition) is 2. The van der Waals surface area contributed by atoms with Gasteiger partial charge in [0.25, 0.3) is 0 Å². The lowest BCUT2D eigenvalue weighted by molar-refractivity contribution is -0.121. The van der Waals surface area contributed by atoms with E-state index in [9.17, 15) is 9.59 Å². The maximum Gasteiger partial charge on any atom is 0.227 e. The zero-order chi connectivity index (χ0) is 21.3. The molecule has 2 aromatic rings. The van der Waals surface area contributed by atoms with Gasteiger partial charge in [0.15, 0.2) is 11.5 Å². The summed E-state index contributed by atoms with van der Waals surface area (Å²) in [5.41, 5.74) is 2.64. The van der Waals surface area contributed by atoms with Crippen LogP contribution in [0.5, 0.6) is 11.5 Å². The van der Waals surface area contributed by atoms with E-state index in [1.807, 2.05) is 50.2 Å². The Labute approximate surface area is 178 Å². The summed E-state index contributed by atoms with van der Waals surface area (Å²) in [6, 6.07) is 13.2. The number of ether oxygens (including phenoxy) is 2. The standard InChI is InChI=1S/C24H30N2O4/c1-3-13-29-21-11-10-19(16-22(21)30-14-4-2)25-23(27)12-9-18-15-17-7-5-6-8-20(17)26-24(18)28/h5-8,10-11,16,18H,3-4,9,12-15H2,1-2H3,(H,25,27)(H,26,28). The largest absolute Gasteiger partial charge is 0.490 e. The normalized spacial score (nSPS) is 15.1. The summed E-state index contributed by atoms with van der Waals surface area (Å²) in [6.07, 6.45) is 3.23. The first-order valence-electron chi connectivity index (χ1n) is 10.7. The maximum atomic E-state index is 12.5. The summed E-state index contributed by atoms with van der Waals surface area (Å²) in [4.78, 5) is 24.8. The average Bonchev–Trinajstić information content (AvgIpc) is 2.75. The van der Waals surface area contributed by atoms with Gasteiger partial charge in [-0.15, -0.1) is 0 Å². The van der Waals surface area contributed by atoms with Gasteiger partial charge in [0, 0.05) is 29.8 Å². The Kier molecular flexibility index (Phi) is 7.71. The van der Waals surface area contributed by atoms with Crippen molar-refractivity contribution in [2.24, 2.45) is 5.92 Å². The fourth-order valence-corrected chi connectivity index (χ4v) is 3.42. The molecule has 1 aliphatic heterocycles. The van der Waals surface area contributed by atoms with Gasteiger partial charge in [-0.2, -0.15) is 0 Å². The van der Waals surface area contributed by atoms with Crippen molar-refractivity contribution < 1.29 is 19.1 Å². The third kappa shape index (κ3) is 5.75. The molecule has 0 saturated heterocycles. The molecule has 0 spiro atoms. The smallest absolute Gasteiger partial charge is 0.227 e. The van der Waals surface area contributed by atoms with Crippen molar-refractivity contribution in [1.29, 1.82) is 0 Å². The Hall–Kier alpha value is -3.02. The van der Waals surface area contributed by atoms with Gasteiger partial charge in [0.1, 0.15) is 0 Å². The molecule has 160 valence electrons. The van der Waals surface area contributed by atoms with Crippen molar-refractivity contribution in [3.8, 4) is 11.5 Å². The third-order valence-electron chi connectivity index (χ3n) is 4.98. The second-order valence-electron chi connectivity index (χ2n) is 7.49. The van der Waals surface area contributed by atoms with E-state index in [0.29, 0.717) is 43.2 Å². The maximum absolute atomic E-state index is 12.5. The number of para-hydroxylation sites is 1. The quantitative estimate of drug-likeness (QED) is 0.590. The average molecular weight is 411 g/mol. The lowest BCUT2D eigenvalue weighted by Crippen LogP contribution is -2.30. The van der Waals surface area contributed by atoms with E-state index in [0.717, 1.165) is 24.1 Å². The van der Waals surface area contributed by atoms with Crippen LogP contribution in [0.2, 0.25) is 0 Å². The van der Waals surface area contributed by atoms with E-state index in [2.05, 4.69) is 10.6 Å². The summed E-state index contributed by atoms with van der Waals surface area (Å²) in [5.74, 6) is 0.977. The topological polar surface area (TPSA) is 76.7 Å². The number of rotatable bonds is 10. The summed E-state index contributed by atoms with van der Waals surface area (Å²) in [7, 11) is 0. The van der Waals surface area contributed by atoms with Crippen LogP contribution in [-0.2, 0) is 16.0 Å². The Morgan fingerprint density at radius 3 is 2.57 bits per heavy atom. The summed E-state index contributed by atoms with van der Waals surface area (Å²) in [5, 5.41) is 5.84. The van der Waals surface area contributed by atoms with Gasteiger partial charge in [-0.25, -0.2) is 0 Å². The molecule has 0 fully saturated rings. The molecule has 0 aromatic heterocycles. The van der Waals surface area contributed by atoms with Gasteiger partial charge < -0.3 is 20.1 Å². The Balaban J connectivity index is 1.57. The van der Waals surface area contributed by atoms with E-state index in [1.165, 1.54) is 0 Å². The summed E-state index contributed by atoms with van der Waals surface area (Å²) < 4.78 is 11.5. The van der Waals surface area contributed by atoms with E-state index in [-0.39, 0.29) is 24.2 Å². The number of carbonyl (C=O) groups excluding carboxylic acids is 2. The molecular weight excluding hydrogens is 380 g/mol. The van der Waals surface area contributed by atoms with Crippen LogP contribution in [0.15, 0.2) is 42.5 Å². The number of fused-ring (bicyclic) bond motifs is 1. The number of amides is 2. The molecule has 1 unspecified atom stereocenters. The SMILES string of the molecule is CCCOc1ccc(NC(=O)CCC2Cc3ccccc3NC2=O)cc1OCCC. The van der Waals surface area contributed by atoms with Crippen LogP contribution in [0.25, 0.3) is 0 Å². The molecule has 2 amide bonds. The van der Waals surface area contributed by atoms with Gasteiger partial charge in [-0.05, 0) is 49.4 Å². The highest BCUT2D eigenvalue weighted by Gasteiger charge is 2.26. The highest BCUT2D eigenvalue weighted by atomic mass is 16.5. The lowest BCUT2D eigenvalue weighted by atomic mass is 9.89. The summed E-state index contributed by atoms with van der Waals surface area (Å²) >= 11 is 0. The molecule has 0 aliphatic carbocycles. The second kappa shape index (κ2) is 10.7. The lowest BCUT2D eigenvalue weighted by Gasteiger charge is -2.24. The molecule has 0 radical (unpaired) electrons. The molecule has 3 rings (SSSR count). The zero-order valence-electron chi connectivity index (χ0n) is 17.7. The molecule has 1 atom stereocenters. The predicted molar refractivity (Wildman–Crippen MR) is 118 cm³/mol. The molecule has 30 heavy (non-hydrogen) atoms. The van der Waals surface area contributed by atoms with Crippen molar-refractivity contribution >= 4 is 23.2 Å². The minimum atomic E-state index is -0.195. The highest BCUT2D eigenvalue weighted by Crippen LogP contribution is 2.31. The fourth-order valence-electron chi connectivity index (χ4n) is 3.42. The van der Waals surface area contributed by atoms with Crippen LogP contribution in [0.4, 0.5) is 11.4 Å².